The number of aryl methyl sites for hydroxylation is 1. The Labute approximate surface area is 141 Å². The number of carbonyl (C=O) groups is 2. The summed E-state index contributed by atoms with van der Waals surface area (Å²) < 4.78 is 6.30. The minimum absolute atomic E-state index is 0.202. The third kappa shape index (κ3) is 4.33. The van der Waals surface area contributed by atoms with Crippen LogP contribution in [0.25, 0.3) is 0 Å². The molecule has 1 fully saturated rings. The molecule has 2 heterocycles. The Morgan fingerprint density at radius 3 is 2.42 bits per heavy atom. The molecular formula is C16H24N4O4. The maximum Gasteiger partial charge on any atom is 0.409 e. The highest BCUT2D eigenvalue weighted by molar-refractivity contribution is 5.92. The topological polar surface area (TPSA) is 84.7 Å². The summed E-state index contributed by atoms with van der Waals surface area (Å²) in [7, 11) is 0. The molecule has 1 aromatic heterocycles. The monoisotopic (exact) mass is 336 g/mol. The number of aromatic nitrogens is 2. The van der Waals surface area contributed by atoms with Crippen molar-refractivity contribution in [3.63, 3.8) is 0 Å². The summed E-state index contributed by atoms with van der Waals surface area (Å²) in [4.78, 5) is 39.2. The van der Waals surface area contributed by atoms with Crippen LogP contribution in [0.1, 0.15) is 37.2 Å². The lowest BCUT2D eigenvalue weighted by Gasteiger charge is -2.33. The fourth-order valence-corrected chi connectivity index (χ4v) is 2.50. The van der Waals surface area contributed by atoms with Crippen LogP contribution in [-0.2, 0) is 11.3 Å². The second kappa shape index (κ2) is 8.47. The molecule has 0 aliphatic carbocycles. The smallest absolute Gasteiger partial charge is 0.409 e. The Hall–Kier alpha value is -2.38. The van der Waals surface area contributed by atoms with Gasteiger partial charge in [-0.2, -0.15) is 5.10 Å². The van der Waals surface area contributed by atoms with Crippen molar-refractivity contribution in [2.24, 2.45) is 0 Å². The number of ether oxygens (including phenoxy) is 1. The van der Waals surface area contributed by atoms with Crippen LogP contribution in [0.15, 0.2) is 16.9 Å². The van der Waals surface area contributed by atoms with Gasteiger partial charge in [0.25, 0.3) is 11.5 Å². The lowest BCUT2D eigenvalue weighted by Crippen LogP contribution is -2.51. The van der Waals surface area contributed by atoms with Crippen LogP contribution in [-0.4, -0.2) is 64.4 Å². The molecule has 0 bridgehead atoms. The highest BCUT2D eigenvalue weighted by Crippen LogP contribution is 2.08. The molecule has 132 valence electrons. The zero-order chi connectivity index (χ0) is 17.5. The van der Waals surface area contributed by atoms with Crippen molar-refractivity contribution in [3.05, 3.63) is 28.2 Å². The summed E-state index contributed by atoms with van der Waals surface area (Å²) >= 11 is 0. The van der Waals surface area contributed by atoms with E-state index in [1.165, 1.54) is 16.8 Å². The van der Waals surface area contributed by atoms with Crippen LogP contribution >= 0.6 is 0 Å². The second-order valence-corrected chi connectivity index (χ2v) is 5.61. The standard InChI is InChI=1S/C16H24N4O4/c1-3-5-8-20-14(21)7-6-13(17-20)15(22)18-9-11-19(12-10-18)16(23)24-4-2/h6-7H,3-5,8-12H2,1-2H3. The van der Waals surface area contributed by atoms with Gasteiger partial charge in [-0.1, -0.05) is 13.3 Å². The van der Waals surface area contributed by atoms with E-state index in [1.807, 2.05) is 6.92 Å². The number of hydrogen-bond acceptors (Lipinski definition) is 5. The normalized spacial score (nSPS) is 14.6. The van der Waals surface area contributed by atoms with Crippen LogP contribution in [0.5, 0.6) is 0 Å². The highest BCUT2D eigenvalue weighted by Gasteiger charge is 2.26. The van der Waals surface area contributed by atoms with E-state index >= 15 is 0 Å². The third-order valence-corrected chi connectivity index (χ3v) is 3.90. The van der Waals surface area contributed by atoms with Crippen molar-refractivity contribution < 1.29 is 14.3 Å². The summed E-state index contributed by atoms with van der Waals surface area (Å²) in [5.74, 6) is -0.219. The molecule has 0 aromatic carbocycles. The van der Waals surface area contributed by atoms with E-state index in [1.54, 1.807) is 16.7 Å². The number of unbranched alkanes of at least 4 members (excludes halogenated alkanes) is 1. The molecule has 0 N–H and O–H groups in total. The molecule has 8 heteroatoms. The first-order valence-corrected chi connectivity index (χ1v) is 8.36. The highest BCUT2D eigenvalue weighted by atomic mass is 16.6. The third-order valence-electron chi connectivity index (χ3n) is 3.90. The van der Waals surface area contributed by atoms with Crippen molar-refractivity contribution in [2.75, 3.05) is 32.8 Å². The van der Waals surface area contributed by atoms with E-state index < -0.39 is 0 Å². The molecule has 8 nitrogen and oxygen atoms in total. The molecule has 0 radical (unpaired) electrons. The van der Waals surface area contributed by atoms with E-state index in [9.17, 15) is 14.4 Å². The van der Waals surface area contributed by atoms with Gasteiger partial charge >= 0.3 is 6.09 Å². The van der Waals surface area contributed by atoms with Gasteiger partial charge in [-0.05, 0) is 19.4 Å². The number of rotatable bonds is 5. The molecule has 1 saturated heterocycles. The Kier molecular flexibility index (Phi) is 6.34. The fraction of sp³-hybridized carbons (Fsp3) is 0.625. The quantitative estimate of drug-likeness (QED) is 0.799. The Morgan fingerprint density at radius 1 is 1.12 bits per heavy atom. The van der Waals surface area contributed by atoms with Crippen molar-refractivity contribution >= 4 is 12.0 Å². The van der Waals surface area contributed by atoms with Gasteiger partial charge in [0.1, 0.15) is 5.69 Å². The summed E-state index contributed by atoms with van der Waals surface area (Å²) in [6.07, 6.45) is 1.43. The van der Waals surface area contributed by atoms with Gasteiger partial charge in [0, 0.05) is 38.8 Å². The van der Waals surface area contributed by atoms with Crippen molar-refractivity contribution in [2.45, 2.75) is 33.2 Å². The largest absolute Gasteiger partial charge is 0.450 e. The zero-order valence-electron chi connectivity index (χ0n) is 14.2. The summed E-state index contributed by atoms with van der Waals surface area (Å²) in [5.41, 5.74) is 0.0578. The van der Waals surface area contributed by atoms with E-state index in [0.29, 0.717) is 39.3 Å². The van der Waals surface area contributed by atoms with Gasteiger partial charge < -0.3 is 14.5 Å². The van der Waals surface area contributed by atoms with Gasteiger partial charge in [-0.25, -0.2) is 9.48 Å². The number of hydrogen-bond donors (Lipinski definition) is 0. The Bertz CT molecular complexity index is 635. The minimum atomic E-state index is -0.351. The van der Waals surface area contributed by atoms with Crippen LogP contribution in [0.2, 0.25) is 0 Å². The lowest BCUT2D eigenvalue weighted by atomic mass is 10.2. The average Bonchev–Trinajstić information content (AvgIpc) is 2.61. The Morgan fingerprint density at radius 2 is 1.79 bits per heavy atom. The van der Waals surface area contributed by atoms with Gasteiger partial charge in [0.05, 0.1) is 6.61 Å². The first kappa shape index (κ1) is 18.0. The van der Waals surface area contributed by atoms with Crippen LogP contribution in [0.3, 0.4) is 0 Å². The minimum Gasteiger partial charge on any atom is -0.450 e. The number of nitrogens with zero attached hydrogens (tertiary/aromatic N) is 4. The molecule has 0 saturated carbocycles. The summed E-state index contributed by atoms with van der Waals surface area (Å²) in [6, 6.07) is 2.84. The lowest BCUT2D eigenvalue weighted by molar-refractivity contribution is 0.0563. The van der Waals surface area contributed by atoms with E-state index in [-0.39, 0.29) is 23.3 Å². The predicted molar refractivity (Wildman–Crippen MR) is 87.9 cm³/mol. The molecule has 1 aliphatic heterocycles. The summed E-state index contributed by atoms with van der Waals surface area (Å²) in [5, 5.41) is 4.18. The average molecular weight is 336 g/mol. The molecule has 0 spiro atoms. The number of piperazine rings is 1. The number of carbonyl (C=O) groups excluding carboxylic acids is 2. The molecule has 0 unspecified atom stereocenters. The first-order chi connectivity index (χ1) is 11.6. The maximum atomic E-state index is 12.6. The second-order valence-electron chi connectivity index (χ2n) is 5.61. The van der Waals surface area contributed by atoms with Crippen LogP contribution in [0, 0.1) is 0 Å². The van der Waals surface area contributed by atoms with Crippen molar-refractivity contribution in [1.82, 2.24) is 19.6 Å². The van der Waals surface area contributed by atoms with Gasteiger partial charge in [-0.15, -0.1) is 0 Å². The molecule has 2 amide bonds. The van der Waals surface area contributed by atoms with Gasteiger partial charge in [-0.3, -0.25) is 9.59 Å². The van der Waals surface area contributed by atoms with Crippen molar-refractivity contribution in [1.29, 1.82) is 0 Å². The molecule has 0 atom stereocenters. The summed E-state index contributed by atoms with van der Waals surface area (Å²) in [6.45, 7) is 6.34. The number of amides is 2. The molecule has 24 heavy (non-hydrogen) atoms. The van der Waals surface area contributed by atoms with Gasteiger partial charge in [0.15, 0.2) is 0 Å². The van der Waals surface area contributed by atoms with Crippen molar-refractivity contribution in [3.8, 4) is 0 Å². The Balaban J connectivity index is 2.00. The molecule has 1 aromatic rings. The van der Waals surface area contributed by atoms with Gasteiger partial charge in [0.2, 0.25) is 0 Å². The molecule has 1 aliphatic rings. The maximum absolute atomic E-state index is 12.6. The molecule has 2 rings (SSSR count). The molecular weight excluding hydrogens is 312 g/mol. The predicted octanol–water partition coefficient (Wildman–Crippen LogP) is 0.958. The van der Waals surface area contributed by atoms with E-state index in [4.69, 9.17) is 4.74 Å². The SMILES string of the molecule is CCCCn1nc(C(=O)N2CCN(C(=O)OCC)CC2)ccc1=O. The van der Waals surface area contributed by atoms with Crippen LogP contribution in [0.4, 0.5) is 4.79 Å². The van der Waals surface area contributed by atoms with E-state index in [2.05, 4.69) is 5.10 Å². The van der Waals surface area contributed by atoms with E-state index in [0.717, 1.165) is 12.8 Å². The zero-order valence-corrected chi connectivity index (χ0v) is 14.2. The van der Waals surface area contributed by atoms with Crippen LogP contribution < -0.4 is 5.56 Å². The fourth-order valence-electron chi connectivity index (χ4n) is 2.50. The first-order valence-electron chi connectivity index (χ1n) is 8.36.